The first-order valence-corrected chi connectivity index (χ1v) is 9.64. The van der Waals surface area contributed by atoms with Gasteiger partial charge in [-0.05, 0) is 65.5 Å². The molecule has 2 aromatic carbocycles. The van der Waals surface area contributed by atoms with Gasteiger partial charge in [0.2, 0.25) is 0 Å². The van der Waals surface area contributed by atoms with Crippen LogP contribution in [-0.2, 0) is 16.4 Å². The van der Waals surface area contributed by atoms with E-state index in [9.17, 15) is 8.42 Å². The van der Waals surface area contributed by atoms with Gasteiger partial charge in [-0.25, -0.2) is 8.42 Å². The van der Waals surface area contributed by atoms with Gasteiger partial charge in [0.1, 0.15) is 5.75 Å². The lowest BCUT2D eigenvalue weighted by molar-refractivity contribution is 0.411. The van der Waals surface area contributed by atoms with E-state index in [4.69, 9.17) is 4.74 Å². The van der Waals surface area contributed by atoms with Crippen LogP contribution in [0.25, 0.3) is 0 Å². The molecule has 0 amide bonds. The number of aryl methyl sites for hydroxylation is 1. The van der Waals surface area contributed by atoms with Crippen molar-refractivity contribution < 1.29 is 13.2 Å². The van der Waals surface area contributed by atoms with Gasteiger partial charge < -0.3 is 4.74 Å². The predicted octanol–water partition coefficient (Wildman–Crippen LogP) is 3.99. The minimum absolute atomic E-state index is 0.0734. The molecule has 1 atom stereocenters. The Bertz CT molecular complexity index is 835. The number of sulfonamides is 1. The third kappa shape index (κ3) is 2.85. The van der Waals surface area contributed by atoms with Crippen molar-refractivity contribution >= 4 is 31.6 Å². The molecule has 1 aliphatic heterocycles. The van der Waals surface area contributed by atoms with Crippen LogP contribution in [0.3, 0.4) is 0 Å². The van der Waals surface area contributed by atoms with Gasteiger partial charge in [-0.2, -0.15) is 0 Å². The molecule has 0 N–H and O–H groups in total. The lowest BCUT2D eigenvalue weighted by Gasteiger charge is -2.36. The fourth-order valence-corrected chi connectivity index (χ4v) is 5.39. The molecule has 122 valence electrons. The highest BCUT2D eigenvalue weighted by Gasteiger charge is 2.33. The van der Waals surface area contributed by atoms with Gasteiger partial charge in [0.05, 0.1) is 22.2 Å². The second-order valence-electron chi connectivity index (χ2n) is 5.61. The molecule has 6 heteroatoms. The molecule has 0 bridgehead atoms. The molecule has 4 nitrogen and oxygen atoms in total. The average Bonchev–Trinajstić information content (AvgIpc) is 2.54. The molecule has 23 heavy (non-hydrogen) atoms. The van der Waals surface area contributed by atoms with Crippen LogP contribution in [0.4, 0.5) is 5.69 Å². The lowest BCUT2D eigenvalue weighted by atomic mass is 9.99. The second kappa shape index (κ2) is 6.17. The van der Waals surface area contributed by atoms with Gasteiger partial charge in [-0.3, -0.25) is 4.31 Å². The summed E-state index contributed by atoms with van der Waals surface area (Å²) in [5.74, 6) is 0.607. The third-order valence-corrected chi connectivity index (χ3v) is 6.68. The first-order valence-electron chi connectivity index (χ1n) is 7.41. The van der Waals surface area contributed by atoms with Gasteiger partial charge in [0.25, 0.3) is 10.0 Å². The summed E-state index contributed by atoms with van der Waals surface area (Å²) < 4.78 is 33.7. The maximum Gasteiger partial charge on any atom is 0.264 e. The molecule has 1 heterocycles. The van der Waals surface area contributed by atoms with E-state index in [0.717, 1.165) is 24.1 Å². The van der Waals surface area contributed by atoms with E-state index in [1.165, 1.54) is 0 Å². The summed E-state index contributed by atoms with van der Waals surface area (Å²) in [6, 6.07) is 12.5. The zero-order valence-corrected chi connectivity index (χ0v) is 15.4. The van der Waals surface area contributed by atoms with Crippen LogP contribution < -0.4 is 9.04 Å². The van der Waals surface area contributed by atoms with Gasteiger partial charge in [-0.15, -0.1) is 0 Å². The maximum atomic E-state index is 13.2. The number of hydrogen-bond acceptors (Lipinski definition) is 3. The molecule has 3 rings (SSSR count). The van der Waals surface area contributed by atoms with E-state index in [1.54, 1.807) is 29.6 Å². The Morgan fingerprint density at radius 2 is 1.96 bits per heavy atom. The van der Waals surface area contributed by atoms with Crippen molar-refractivity contribution in [2.75, 3.05) is 11.4 Å². The smallest absolute Gasteiger partial charge is 0.264 e. The van der Waals surface area contributed by atoms with Crippen molar-refractivity contribution in [3.05, 3.63) is 52.5 Å². The second-order valence-corrected chi connectivity index (χ2v) is 8.28. The molecule has 0 radical (unpaired) electrons. The normalized spacial score (nSPS) is 17.7. The first kappa shape index (κ1) is 16.3. The summed E-state index contributed by atoms with van der Waals surface area (Å²) in [5.41, 5.74) is 1.85. The molecule has 2 aromatic rings. The quantitative estimate of drug-likeness (QED) is 0.788. The Morgan fingerprint density at radius 3 is 2.65 bits per heavy atom. The number of anilines is 1. The number of halogens is 1. The number of rotatable bonds is 3. The highest BCUT2D eigenvalue weighted by molar-refractivity contribution is 9.10. The standard InChI is InChI=1S/C17H18BrNO3S/c1-12-7-8-13-5-3-4-6-16(13)19(12)23(20,21)14-9-10-17(22-2)15(18)11-14/h3-6,9-12H,7-8H2,1-2H3/t12-/m0/s1. The van der Waals surface area contributed by atoms with Crippen molar-refractivity contribution in [2.45, 2.75) is 30.7 Å². The van der Waals surface area contributed by atoms with Crippen molar-refractivity contribution in [3.63, 3.8) is 0 Å². The molecular formula is C17H18BrNO3S. The van der Waals surface area contributed by atoms with Crippen molar-refractivity contribution in [2.24, 2.45) is 0 Å². The summed E-state index contributed by atoms with van der Waals surface area (Å²) in [7, 11) is -2.07. The number of methoxy groups -OCH3 is 1. The molecular weight excluding hydrogens is 378 g/mol. The molecule has 0 aromatic heterocycles. The van der Waals surface area contributed by atoms with E-state index < -0.39 is 10.0 Å². The Balaban J connectivity index is 2.11. The summed E-state index contributed by atoms with van der Waals surface area (Å²) in [5, 5.41) is 0. The molecule has 0 saturated carbocycles. The number of para-hydroxylation sites is 1. The minimum Gasteiger partial charge on any atom is -0.496 e. The average molecular weight is 396 g/mol. The summed E-state index contributed by atoms with van der Waals surface area (Å²) in [6.07, 6.45) is 1.71. The van der Waals surface area contributed by atoms with Crippen LogP contribution in [0.2, 0.25) is 0 Å². The van der Waals surface area contributed by atoms with Crippen LogP contribution in [0.15, 0.2) is 51.8 Å². The summed E-state index contributed by atoms with van der Waals surface area (Å²) in [6.45, 7) is 1.95. The molecule has 0 aliphatic carbocycles. The van der Waals surface area contributed by atoms with E-state index in [1.807, 2.05) is 31.2 Å². The van der Waals surface area contributed by atoms with Crippen LogP contribution >= 0.6 is 15.9 Å². The monoisotopic (exact) mass is 395 g/mol. The van der Waals surface area contributed by atoms with Crippen molar-refractivity contribution in [1.29, 1.82) is 0 Å². The number of fused-ring (bicyclic) bond motifs is 1. The van der Waals surface area contributed by atoms with Gasteiger partial charge in [-0.1, -0.05) is 18.2 Å². The molecule has 1 aliphatic rings. The van der Waals surface area contributed by atoms with Crippen LogP contribution in [-0.4, -0.2) is 21.6 Å². The topological polar surface area (TPSA) is 46.6 Å². The highest BCUT2D eigenvalue weighted by Crippen LogP contribution is 2.36. The Hall–Kier alpha value is -1.53. The number of benzene rings is 2. The predicted molar refractivity (Wildman–Crippen MR) is 94.6 cm³/mol. The van der Waals surface area contributed by atoms with Gasteiger partial charge in [0.15, 0.2) is 0 Å². The summed E-state index contributed by atoms with van der Waals surface area (Å²) in [4.78, 5) is 0.258. The van der Waals surface area contributed by atoms with Crippen LogP contribution in [0.1, 0.15) is 18.9 Å². The van der Waals surface area contributed by atoms with E-state index in [2.05, 4.69) is 15.9 Å². The van der Waals surface area contributed by atoms with E-state index >= 15 is 0 Å². The fraction of sp³-hybridized carbons (Fsp3) is 0.294. The van der Waals surface area contributed by atoms with Crippen LogP contribution in [0.5, 0.6) is 5.75 Å². The van der Waals surface area contributed by atoms with Crippen molar-refractivity contribution in [3.8, 4) is 5.75 Å². The number of ether oxygens (including phenoxy) is 1. The minimum atomic E-state index is -3.62. The van der Waals surface area contributed by atoms with E-state index in [-0.39, 0.29) is 10.9 Å². The Morgan fingerprint density at radius 1 is 1.22 bits per heavy atom. The number of nitrogens with zero attached hydrogens (tertiary/aromatic N) is 1. The fourth-order valence-electron chi connectivity index (χ4n) is 2.94. The summed E-state index contributed by atoms with van der Waals surface area (Å²) >= 11 is 3.36. The maximum absolute atomic E-state index is 13.2. The molecule has 0 saturated heterocycles. The molecule has 0 unspecified atom stereocenters. The third-order valence-electron chi connectivity index (χ3n) is 4.14. The highest BCUT2D eigenvalue weighted by atomic mass is 79.9. The van der Waals surface area contributed by atoms with Gasteiger partial charge >= 0.3 is 0 Å². The van der Waals surface area contributed by atoms with E-state index in [0.29, 0.717) is 10.2 Å². The Labute approximate surface area is 145 Å². The molecule has 0 fully saturated rings. The van der Waals surface area contributed by atoms with Gasteiger partial charge in [0, 0.05) is 6.04 Å². The SMILES string of the molecule is COc1ccc(S(=O)(=O)N2c3ccccc3CC[C@@H]2C)cc1Br. The Kier molecular flexibility index (Phi) is 4.38. The zero-order chi connectivity index (χ0) is 16.6. The number of hydrogen-bond donors (Lipinski definition) is 0. The molecule has 0 spiro atoms. The largest absolute Gasteiger partial charge is 0.496 e. The lowest BCUT2D eigenvalue weighted by Crippen LogP contribution is -2.42. The first-order chi connectivity index (χ1) is 10.9. The van der Waals surface area contributed by atoms with Crippen LogP contribution in [0, 0.1) is 0 Å². The zero-order valence-electron chi connectivity index (χ0n) is 13.0. The van der Waals surface area contributed by atoms with Crippen molar-refractivity contribution in [1.82, 2.24) is 0 Å².